The van der Waals surface area contributed by atoms with Crippen LogP contribution in [0.2, 0.25) is 78.6 Å². The summed E-state index contributed by atoms with van der Waals surface area (Å²) in [5.74, 6) is -0.374. The maximum absolute atomic E-state index is 13.8. The molecule has 42 heavy (non-hydrogen) atoms. The summed E-state index contributed by atoms with van der Waals surface area (Å²) < 4.78 is 33.1. The quantitative estimate of drug-likeness (QED) is 0.0870. The third-order valence-electron chi connectivity index (χ3n) is 5.77. The number of H-pyrrole nitrogens is 1. The summed E-state index contributed by atoms with van der Waals surface area (Å²) in [5, 5.41) is 5.08. The van der Waals surface area contributed by atoms with Gasteiger partial charge in [0, 0.05) is 17.1 Å². The Morgan fingerprint density at radius 2 is 1.43 bits per heavy atom. The fourth-order valence-electron chi connectivity index (χ4n) is 4.40. The number of carbonyl (C=O) groups excluding carboxylic acids is 1. The minimum atomic E-state index is -2.21. The van der Waals surface area contributed by atoms with Crippen LogP contribution in [-0.2, 0) is 38.5 Å². The van der Waals surface area contributed by atoms with E-state index in [1.54, 1.807) is 6.21 Å². The lowest BCUT2D eigenvalue weighted by Gasteiger charge is -2.42. The van der Waals surface area contributed by atoms with Crippen molar-refractivity contribution in [1.29, 1.82) is 0 Å². The van der Waals surface area contributed by atoms with Gasteiger partial charge in [-0.05, 0) is 90.2 Å². The van der Waals surface area contributed by atoms with Crippen molar-refractivity contribution in [3.05, 3.63) is 36.0 Å². The molecule has 0 fully saturated rings. The number of nitrogens with one attached hydrogen (secondary N) is 1. The highest BCUT2D eigenvalue weighted by Gasteiger charge is 2.44. The Morgan fingerprint density at radius 3 is 1.98 bits per heavy atom. The molecule has 0 amide bonds. The molecule has 0 aliphatic rings. The van der Waals surface area contributed by atoms with Crippen molar-refractivity contribution in [3.63, 3.8) is 0 Å². The number of esters is 1. The minimum Gasteiger partial charge on any atom is -0.456 e. The van der Waals surface area contributed by atoms with Crippen molar-refractivity contribution in [1.82, 2.24) is 4.98 Å². The summed E-state index contributed by atoms with van der Waals surface area (Å²) in [4.78, 5) is 22.1. The van der Waals surface area contributed by atoms with E-state index in [0.29, 0.717) is 0 Å². The molecule has 0 spiro atoms. The Labute approximate surface area is 257 Å². The lowest BCUT2D eigenvalue weighted by molar-refractivity contribution is -0.166. The van der Waals surface area contributed by atoms with Gasteiger partial charge in [-0.2, -0.15) is 0 Å². The lowest BCUT2D eigenvalue weighted by atomic mass is 10.0. The maximum atomic E-state index is 13.8. The molecule has 0 aliphatic carbocycles. The number of rotatable bonds is 17. The van der Waals surface area contributed by atoms with Gasteiger partial charge in [0.1, 0.15) is 25.4 Å². The summed E-state index contributed by atoms with van der Waals surface area (Å²) in [6.07, 6.45) is 0.871. The first-order valence-corrected chi connectivity index (χ1v) is 28.3. The Balaban J connectivity index is 2.63. The first kappa shape index (κ1) is 36.6. The SMILES string of the molecule is CO/N=C\[C@H](O[Si](C)(C)C)[C@@H](O[Si](C)(C)C)[C@H](OC(=O)Cc1c[nH]c2ccccc12)[C@@H](CO[Si](C)(C)C)O[Si](C)(C)C. The molecular formula is C29H54N2O7Si4. The normalized spacial score (nSPS) is 16.4. The predicted molar refractivity (Wildman–Crippen MR) is 181 cm³/mol. The van der Waals surface area contributed by atoms with E-state index in [-0.39, 0.29) is 19.0 Å². The number of oxime groups is 1. The molecule has 0 unspecified atom stereocenters. The summed E-state index contributed by atoms with van der Waals surface area (Å²) in [7, 11) is -6.92. The second-order valence-electron chi connectivity index (χ2n) is 14.5. The Hall–Kier alpha value is -1.59. The van der Waals surface area contributed by atoms with Crippen LogP contribution in [0.25, 0.3) is 10.9 Å². The number of para-hydroxylation sites is 1. The van der Waals surface area contributed by atoms with Gasteiger partial charge in [0.05, 0.1) is 19.2 Å². The predicted octanol–water partition coefficient (Wildman–Crippen LogP) is 6.77. The van der Waals surface area contributed by atoms with Crippen LogP contribution in [0.4, 0.5) is 0 Å². The molecule has 1 N–H and O–H groups in total. The number of fused-ring (bicyclic) bond motifs is 1. The smallest absolute Gasteiger partial charge is 0.310 e. The van der Waals surface area contributed by atoms with Crippen LogP contribution < -0.4 is 0 Å². The van der Waals surface area contributed by atoms with Gasteiger partial charge in [-0.3, -0.25) is 4.79 Å². The van der Waals surface area contributed by atoms with E-state index in [9.17, 15) is 4.79 Å². The maximum Gasteiger partial charge on any atom is 0.310 e. The molecule has 1 aromatic heterocycles. The highest BCUT2D eigenvalue weighted by atomic mass is 28.4. The van der Waals surface area contributed by atoms with Crippen molar-refractivity contribution in [3.8, 4) is 0 Å². The number of nitrogens with zero attached hydrogens (tertiary/aromatic N) is 1. The molecule has 0 bridgehead atoms. The van der Waals surface area contributed by atoms with Crippen molar-refractivity contribution >= 4 is 56.4 Å². The number of aromatic nitrogens is 1. The first-order valence-electron chi connectivity index (χ1n) is 14.7. The van der Waals surface area contributed by atoms with Crippen LogP contribution in [0.1, 0.15) is 5.56 Å². The van der Waals surface area contributed by atoms with E-state index in [0.717, 1.165) is 16.5 Å². The molecule has 2 aromatic rings. The van der Waals surface area contributed by atoms with Crippen LogP contribution in [0.15, 0.2) is 35.6 Å². The minimum absolute atomic E-state index is 0.0976. The van der Waals surface area contributed by atoms with Gasteiger partial charge in [0.25, 0.3) is 0 Å². The van der Waals surface area contributed by atoms with Gasteiger partial charge in [-0.25, -0.2) is 0 Å². The van der Waals surface area contributed by atoms with Gasteiger partial charge in [0.2, 0.25) is 0 Å². The number of ether oxygens (including phenoxy) is 1. The Kier molecular flexibility index (Phi) is 13.0. The van der Waals surface area contributed by atoms with E-state index >= 15 is 0 Å². The molecule has 0 saturated carbocycles. The second kappa shape index (κ2) is 14.9. The summed E-state index contributed by atoms with van der Waals surface area (Å²) in [6.45, 7) is 25.7. The standard InChI is InChI=1S/C29H54N2O7Si4/c1-33-31-20-25(36-40(5,6)7)29(38-42(11,12)13)28(26(37-41(8,9)10)21-34-39(2,3)4)35-27(32)18-22-19-30-24-17-15-14-16-23(22)24/h14-17,19-20,25-26,28-30H,18,21H2,1-13H3/b31-20-/t25-,26+,28+,29+/m0/s1. The number of benzene rings is 1. The van der Waals surface area contributed by atoms with E-state index < -0.39 is 57.7 Å². The molecule has 1 heterocycles. The van der Waals surface area contributed by atoms with Gasteiger partial charge < -0.3 is 32.3 Å². The van der Waals surface area contributed by atoms with Crippen LogP contribution in [-0.4, -0.2) is 88.6 Å². The Bertz CT molecular complexity index is 1160. The zero-order chi connectivity index (χ0) is 31.9. The van der Waals surface area contributed by atoms with Crippen molar-refractivity contribution < 1.29 is 32.1 Å². The lowest BCUT2D eigenvalue weighted by Crippen LogP contribution is -2.58. The zero-order valence-corrected chi connectivity index (χ0v) is 32.0. The van der Waals surface area contributed by atoms with E-state index in [1.165, 1.54) is 7.11 Å². The monoisotopic (exact) mass is 654 g/mol. The van der Waals surface area contributed by atoms with Crippen LogP contribution in [0.5, 0.6) is 0 Å². The number of hydrogen-bond acceptors (Lipinski definition) is 8. The summed E-state index contributed by atoms with van der Waals surface area (Å²) >= 11 is 0. The summed E-state index contributed by atoms with van der Waals surface area (Å²) in [5.41, 5.74) is 1.84. The number of carbonyl (C=O) groups is 1. The molecule has 13 heteroatoms. The topological polar surface area (TPSA) is 101 Å². The van der Waals surface area contributed by atoms with Crippen LogP contribution in [0.3, 0.4) is 0 Å². The molecule has 0 saturated heterocycles. The van der Waals surface area contributed by atoms with Crippen LogP contribution >= 0.6 is 0 Å². The van der Waals surface area contributed by atoms with Gasteiger partial charge in [-0.1, -0.05) is 23.4 Å². The third kappa shape index (κ3) is 13.4. The Morgan fingerprint density at radius 1 is 0.833 bits per heavy atom. The van der Waals surface area contributed by atoms with E-state index in [4.69, 9.17) is 27.3 Å². The molecule has 9 nitrogen and oxygen atoms in total. The molecule has 238 valence electrons. The fourth-order valence-corrected chi connectivity index (χ4v) is 8.28. The van der Waals surface area contributed by atoms with Crippen LogP contribution in [0, 0.1) is 0 Å². The molecule has 2 rings (SSSR count). The molecule has 0 radical (unpaired) electrons. The van der Waals surface area contributed by atoms with Gasteiger partial charge >= 0.3 is 5.97 Å². The highest BCUT2D eigenvalue weighted by Crippen LogP contribution is 2.27. The van der Waals surface area contributed by atoms with E-state index in [1.807, 2.05) is 30.5 Å². The largest absolute Gasteiger partial charge is 0.456 e. The van der Waals surface area contributed by atoms with Gasteiger partial charge in [0.15, 0.2) is 39.4 Å². The average molecular weight is 655 g/mol. The van der Waals surface area contributed by atoms with Crippen molar-refractivity contribution in [2.45, 2.75) is 109 Å². The molecule has 1 aromatic carbocycles. The highest BCUT2D eigenvalue weighted by molar-refractivity contribution is 6.71. The zero-order valence-electron chi connectivity index (χ0n) is 28.0. The second-order valence-corrected chi connectivity index (χ2v) is 32.4. The first-order chi connectivity index (χ1) is 19.2. The molecular weight excluding hydrogens is 601 g/mol. The number of aromatic amines is 1. The average Bonchev–Trinajstić information content (AvgIpc) is 3.22. The molecule has 4 atom stereocenters. The van der Waals surface area contributed by atoms with Crippen molar-refractivity contribution in [2.75, 3.05) is 13.7 Å². The van der Waals surface area contributed by atoms with Crippen molar-refractivity contribution in [2.24, 2.45) is 5.16 Å². The number of hydrogen-bond donors (Lipinski definition) is 1. The third-order valence-corrected chi connectivity index (χ3v) is 9.77. The fraction of sp³-hybridized carbons (Fsp3) is 0.655. The van der Waals surface area contributed by atoms with Gasteiger partial charge in [-0.15, -0.1) is 0 Å². The van der Waals surface area contributed by atoms with E-state index in [2.05, 4.69) is 88.7 Å². The summed E-state index contributed by atoms with van der Waals surface area (Å²) in [6, 6.07) is 7.92. The molecule has 0 aliphatic heterocycles.